The van der Waals surface area contributed by atoms with E-state index < -0.39 is 0 Å². The van der Waals surface area contributed by atoms with E-state index in [-0.39, 0.29) is 5.91 Å². The summed E-state index contributed by atoms with van der Waals surface area (Å²) in [5.41, 5.74) is 3.49. The van der Waals surface area contributed by atoms with Crippen molar-refractivity contribution in [3.8, 4) is 0 Å². The van der Waals surface area contributed by atoms with Gasteiger partial charge in [0.05, 0.1) is 19.8 Å². The Labute approximate surface area is 203 Å². The summed E-state index contributed by atoms with van der Waals surface area (Å²) in [6.07, 6.45) is 15.2. The Kier molecular flexibility index (Phi) is 10.8. The van der Waals surface area contributed by atoms with Crippen LogP contribution < -0.4 is 14.8 Å². The van der Waals surface area contributed by atoms with Crippen LogP contribution >= 0.6 is 11.8 Å². The van der Waals surface area contributed by atoms with E-state index in [0.29, 0.717) is 5.75 Å². The minimum absolute atomic E-state index is 0.157. The van der Waals surface area contributed by atoms with E-state index in [1.807, 2.05) is 73.8 Å². The molecule has 1 heterocycles. The molecule has 1 aromatic heterocycles. The summed E-state index contributed by atoms with van der Waals surface area (Å²) >= 11 is 1.57. The van der Waals surface area contributed by atoms with Crippen molar-refractivity contribution in [2.75, 3.05) is 44.9 Å². The van der Waals surface area contributed by atoms with Gasteiger partial charge in [0.15, 0.2) is 0 Å². The van der Waals surface area contributed by atoms with E-state index in [4.69, 9.17) is 0 Å². The van der Waals surface area contributed by atoms with Crippen molar-refractivity contribution in [2.45, 2.75) is 18.5 Å². The first-order valence-corrected chi connectivity index (χ1v) is 12.2. The summed E-state index contributed by atoms with van der Waals surface area (Å²) in [6.45, 7) is 3.67. The number of thioether (sulfide) groups is 1. The predicted octanol–water partition coefficient (Wildman–Crippen LogP) is 3.62. The minimum atomic E-state index is 0.157. The number of hydrogen-bond acceptors (Lipinski definition) is 4. The number of allylic oxidation sites excluding steroid dienone is 4. The third kappa shape index (κ3) is 8.50. The van der Waals surface area contributed by atoms with Gasteiger partial charge in [-0.25, -0.2) is 9.13 Å². The van der Waals surface area contributed by atoms with Crippen molar-refractivity contribution < 1.29 is 9.36 Å². The van der Waals surface area contributed by atoms with Crippen LogP contribution in [0.5, 0.6) is 0 Å². The molecular formula is C26H38N5OS+. The lowest BCUT2D eigenvalue weighted by Crippen LogP contribution is -2.33. The van der Waals surface area contributed by atoms with Crippen molar-refractivity contribution in [1.29, 1.82) is 0 Å². The molecule has 0 spiro atoms. The van der Waals surface area contributed by atoms with Gasteiger partial charge in [0.1, 0.15) is 12.4 Å². The highest BCUT2D eigenvalue weighted by atomic mass is 32.2. The Morgan fingerprint density at radius 2 is 1.91 bits per heavy atom. The van der Waals surface area contributed by atoms with Crippen LogP contribution in [0.15, 0.2) is 71.8 Å². The quantitative estimate of drug-likeness (QED) is 0.294. The number of imidazole rings is 1. The topological polar surface area (TPSA) is 44.4 Å². The standard InChI is InChI=1S/C26H38N5OS/c1-7-22(15-16-27-2)9-10-23-11-13-24(14-12-23)28(3)17-8-18-29(4)25(32)21-33-26-30(5)19-20-31(26)6/h7,9-16,19-20,27H,8,17-18,21H2,1-6H3/q+1/b10-9+,16-15-,22-7-. The van der Waals surface area contributed by atoms with Crippen molar-refractivity contribution >= 4 is 29.4 Å². The molecule has 0 aliphatic rings. The molecule has 0 unspecified atom stereocenters. The van der Waals surface area contributed by atoms with Crippen LogP contribution in [0.1, 0.15) is 18.9 Å². The predicted molar refractivity (Wildman–Crippen MR) is 140 cm³/mol. The molecule has 1 amide bonds. The Morgan fingerprint density at radius 3 is 2.52 bits per heavy atom. The highest BCUT2D eigenvalue weighted by Crippen LogP contribution is 2.16. The normalized spacial score (nSPS) is 12.0. The molecule has 33 heavy (non-hydrogen) atoms. The van der Waals surface area contributed by atoms with E-state index in [9.17, 15) is 4.79 Å². The molecule has 2 aromatic rings. The van der Waals surface area contributed by atoms with Crippen LogP contribution in [0.2, 0.25) is 0 Å². The molecule has 0 fully saturated rings. The summed E-state index contributed by atoms with van der Waals surface area (Å²) in [5, 5.41) is 4.09. The zero-order valence-electron chi connectivity index (χ0n) is 20.8. The zero-order valence-corrected chi connectivity index (χ0v) is 21.6. The van der Waals surface area contributed by atoms with Gasteiger partial charge >= 0.3 is 5.16 Å². The van der Waals surface area contributed by atoms with E-state index in [2.05, 4.69) is 59.8 Å². The van der Waals surface area contributed by atoms with Gasteiger partial charge in [0.25, 0.3) is 0 Å². The largest absolute Gasteiger partial charge is 0.394 e. The van der Waals surface area contributed by atoms with Crippen LogP contribution in [0.4, 0.5) is 5.69 Å². The zero-order chi connectivity index (χ0) is 24.2. The number of nitrogens with zero attached hydrogens (tertiary/aromatic N) is 4. The lowest BCUT2D eigenvalue weighted by molar-refractivity contribution is -0.709. The fourth-order valence-corrected chi connectivity index (χ4v) is 4.28. The van der Waals surface area contributed by atoms with Gasteiger partial charge in [-0.1, -0.05) is 30.4 Å². The van der Waals surface area contributed by atoms with Crippen LogP contribution in [0.3, 0.4) is 0 Å². The minimum Gasteiger partial charge on any atom is -0.394 e. The Bertz CT molecular complexity index is 956. The van der Waals surface area contributed by atoms with Gasteiger partial charge in [-0.3, -0.25) is 4.79 Å². The van der Waals surface area contributed by atoms with E-state index >= 15 is 0 Å². The molecule has 0 saturated carbocycles. The molecule has 2 rings (SSSR count). The molecular weight excluding hydrogens is 430 g/mol. The lowest BCUT2D eigenvalue weighted by Gasteiger charge is -2.22. The molecule has 1 aromatic carbocycles. The molecule has 0 aliphatic carbocycles. The number of aryl methyl sites for hydroxylation is 2. The van der Waals surface area contributed by atoms with Gasteiger partial charge in [-0.2, -0.15) is 0 Å². The fourth-order valence-electron chi connectivity index (χ4n) is 3.28. The number of nitrogens with one attached hydrogen (secondary N) is 1. The summed E-state index contributed by atoms with van der Waals surface area (Å²) in [4.78, 5) is 16.6. The van der Waals surface area contributed by atoms with Crippen molar-refractivity contribution in [3.05, 3.63) is 72.2 Å². The summed E-state index contributed by atoms with van der Waals surface area (Å²) in [5.74, 6) is 0.609. The molecule has 0 radical (unpaired) electrons. The van der Waals surface area contributed by atoms with Crippen LogP contribution in [0, 0.1) is 0 Å². The Hall–Kier alpha value is -2.93. The fraction of sp³-hybridized carbons (Fsp3) is 0.385. The number of carbonyl (C=O) groups is 1. The van der Waals surface area contributed by atoms with Crippen LogP contribution in [-0.2, 0) is 18.9 Å². The van der Waals surface area contributed by atoms with Crippen molar-refractivity contribution in [1.82, 2.24) is 14.8 Å². The molecule has 1 N–H and O–H groups in total. The van der Waals surface area contributed by atoms with Crippen LogP contribution in [0.25, 0.3) is 6.08 Å². The second kappa shape index (κ2) is 13.6. The second-order valence-electron chi connectivity index (χ2n) is 8.02. The molecule has 0 bridgehead atoms. The third-order valence-corrected chi connectivity index (χ3v) is 6.66. The molecule has 0 saturated heterocycles. The summed E-state index contributed by atoms with van der Waals surface area (Å²) in [6, 6.07) is 8.55. The molecule has 0 atom stereocenters. The third-order valence-electron chi connectivity index (χ3n) is 5.43. The van der Waals surface area contributed by atoms with E-state index in [1.54, 1.807) is 11.8 Å². The first-order chi connectivity index (χ1) is 15.8. The van der Waals surface area contributed by atoms with Crippen LogP contribution in [-0.4, -0.2) is 55.4 Å². The number of aromatic nitrogens is 2. The van der Waals surface area contributed by atoms with E-state index in [0.717, 1.165) is 30.2 Å². The smallest absolute Gasteiger partial charge is 0.318 e. The Balaban J connectivity index is 1.77. The number of hydrogen-bond donors (Lipinski definition) is 1. The van der Waals surface area contributed by atoms with E-state index in [1.165, 1.54) is 11.3 Å². The first kappa shape index (κ1) is 26.3. The second-order valence-corrected chi connectivity index (χ2v) is 8.96. The van der Waals surface area contributed by atoms with Crippen molar-refractivity contribution in [2.24, 2.45) is 14.1 Å². The average molecular weight is 469 g/mol. The molecule has 0 aliphatic heterocycles. The number of rotatable bonds is 12. The maximum atomic E-state index is 12.5. The number of amides is 1. The monoisotopic (exact) mass is 468 g/mol. The van der Waals surface area contributed by atoms with Gasteiger partial charge in [0.2, 0.25) is 5.91 Å². The van der Waals surface area contributed by atoms with Gasteiger partial charge in [-0.05, 0) is 60.7 Å². The maximum absolute atomic E-state index is 12.5. The number of anilines is 1. The Morgan fingerprint density at radius 1 is 1.18 bits per heavy atom. The number of benzene rings is 1. The van der Waals surface area contributed by atoms with Gasteiger partial charge in [0, 0.05) is 39.9 Å². The maximum Gasteiger partial charge on any atom is 0.318 e. The first-order valence-electron chi connectivity index (χ1n) is 11.2. The molecule has 7 heteroatoms. The van der Waals surface area contributed by atoms with Gasteiger partial charge in [-0.15, -0.1) is 0 Å². The van der Waals surface area contributed by atoms with Gasteiger partial charge < -0.3 is 15.1 Å². The highest BCUT2D eigenvalue weighted by Gasteiger charge is 2.16. The SMILES string of the molecule is C/C=C(\C=C/NC)/C=C/c1ccc(N(C)CCCN(C)C(=O)CSc2n(C)cc[n+]2C)cc1. The number of carbonyl (C=O) groups excluding carboxylic acids is 1. The summed E-state index contributed by atoms with van der Waals surface area (Å²) in [7, 11) is 9.87. The lowest BCUT2D eigenvalue weighted by atomic mass is 10.1. The van der Waals surface area contributed by atoms with Crippen molar-refractivity contribution in [3.63, 3.8) is 0 Å². The average Bonchev–Trinajstić information content (AvgIpc) is 3.14. The highest BCUT2D eigenvalue weighted by molar-refractivity contribution is 7.99. The molecule has 6 nitrogen and oxygen atoms in total. The molecule has 178 valence electrons. The summed E-state index contributed by atoms with van der Waals surface area (Å²) < 4.78 is 4.07.